The van der Waals surface area contributed by atoms with Crippen LogP contribution in [0.4, 0.5) is 4.79 Å². The number of hydrogen-bond donors (Lipinski definition) is 2. The molecule has 0 atom stereocenters. The van der Waals surface area contributed by atoms with Crippen LogP contribution in [0.1, 0.15) is 11.1 Å². The maximum atomic E-state index is 11.7. The van der Waals surface area contributed by atoms with Crippen LogP contribution in [0.15, 0.2) is 42.5 Å². The number of rotatable bonds is 9. The molecule has 0 heterocycles. The molecule has 2 N–H and O–H groups in total. The largest absolute Gasteiger partial charge is 0.497 e. The molecule has 0 spiro atoms. The molecular formula is C20H26N2O4. The number of urea groups is 1. The molecule has 2 aromatic rings. The summed E-state index contributed by atoms with van der Waals surface area (Å²) in [6.07, 6.45) is 0. The molecule has 0 saturated heterocycles. The van der Waals surface area contributed by atoms with Gasteiger partial charge in [-0.25, -0.2) is 4.79 Å². The molecular weight excluding hydrogens is 332 g/mol. The van der Waals surface area contributed by atoms with Gasteiger partial charge in [-0.3, -0.25) is 0 Å². The molecule has 140 valence electrons. The summed E-state index contributed by atoms with van der Waals surface area (Å²) < 4.78 is 16.3. The SMILES string of the molecule is COc1ccc(OCCNC(=O)NCCOc2ccc(C)cc2C)cc1. The zero-order valence-corrected chi connectivity index (χ0v) is 15.5. The number of aryl methyl sites for hydroxylation is 2. The average molecular weight is 358 g/mol. The minimum Gasteiger partial charge on any atom is -0.497 e. The van der Waals surface area contributed by atoms with Gasteiger partial charge in [0.15, 0.2) is 0 Å². The first-order chi connectivity index (χ1) is 12.6. The summed E-state index contributed by atoms with van der Waals surface area (Å²) in [5.41, 5.74) is 2.29. The number of benzene rings is 2. The van der Waals surface area contributed by atoms with Gasteiger partial charge in [0.05, 0.1) is 20.2 Å². The van der Waals surface area contributed by atoms with Gasteiger partial charge < -0.3 is 24.8 Å². The van der Waals surface area contributed by atoms with E-state index in [9.17, 15) is 4.79 Å². The first-order valence-corrected chi connectivity index (χ1v) is 8.57. The predicted octanol–water partition coefficient (Wildman–Crippen LogP) is 3.07. The van der Waals surface area contributed by atoms with Crippen LogP contribution < -0.4 is 24.8 Å². The molecule has 0 radical (unpaired) electrons. The van der Waals surface area contributed by atoms with Crippen molar-refractivity contribution in [3.05, 3.63) is 53.6 Å². The number of ether oxygens (including phenoxy) is 3. The molecule has 0 aliphatic heterocycles. The highest BCUT2D eigenvalue weighted by molar-refractivity contribution is 5.73. The summed E-state index contributed by atoms with van der Waals surface area (Å²) in [7, 11) is 1.62. The van der Waals surface area contributed by atoms with E-state index in [1.54, 1.807) is 7.11 Å². The average Bonchev–Trinajstić information content (AvgIpc) is 2.64. The Labute approximate surface area is 154 Å². The fraction of sp³-hybridized carbons (Fsp3) is 0.350. The van der Waals surface area contributed by atoms with Gasteiger partial charge in [0.1, 0.15) is 30.5 Å². The van der Waals surface area contributed by atoms with Gasteiger partial charge in [-0.1, -0.05) is 17.7 Å². The zero-order valence-electron chi connectivity index (χ0n) is 15.5. The smallest absolute Gasteiger partial charge is 0.315 e. The second-order valence-electron chi connectivity index (χ2n) is 5.82. The molecule has 0 aliphatic carbocycles. The highest BCUT2D eigenvalue weighted by atomic mass is 16.5. The number of amides is 2. The number of hydrogen-bond acceptors (Lipinski definition) is 4. The lowest BCUT2D eigenvalue weighted by molar-refractivity contribution is 0.232. The van der Waals surface area contributed by atoms with Gasteiger partial charge in [-0.2, -0.15) is 0 Å². The summed E-state index contributed by atoms with van der Waals surface area (Å²) >= 11 is 0. The molecule has 2 aromatic carbocycles. The zero-order chi connectivity index (χ0) is 18.8. The van der Waals surface area contributed by atoms with Crippen LogP contribution in [-0.4, -0.2) is 39.4 Å². The number of carbonyl (C=O) groups is 1. The van der Waals surface area contributed by atoms with E-state index in [1.807, 2.05) is 50.2 Å². The summed E-state index contributed by atoms with van der Waals surface area (Å²) in [4.78, 5) is 11.7. The topological polar surface area (TPSA) is 68.8 Å². The maximum absolute atomic E-state index is 11.7. The lowest BCUT2D eigenvalue weighted by Crippen LogP contribution is -2.39. The van der Waals surface area contributed by atoms with Crippen molar-refractivity contribution in [2.24, 2.45) is 0 Å². The fourth-order valence-corrected chi connectivity index (χ4v) is 2.35. The third-order valence-corrected chi connectivity index (χ3v) is 3.69. The molecule has 0 saturated carbocycles. The first-order valence-electron chi connectivity index (χ1n) is 8.57. The van der Waals surface area contributed by atoms with Crippen LogP contribution in [0.5, 0.6) is 17.2 Å². The minimum atomic E-state index is -0.243. The van der Waals surface area contributed by atoms with E-state index < -0.39 is 0 Å². The molecule has 2 rings (SSSR count). The Kier molecular flexibility index (Phi) is 7.61. The van der Waals surface area contributed by atoms with Gasteiger partial charge in [0, 0.05) is 0 Å². The molecule has 0 aliphatic rings. The molecule has 6 heteroatoms. The summed E-state index contributed by atoms with van der Waals surface area (Å²) in [6, 6.07) is 13.1. The molecule has 0 fully saturated rings. The molecule has 2 amide bonds. The van der Waals surface area contributed by atoms with Crippen LogP contribution in [0.3, 0.4) is 0 Å². The van der Waals surface area contributed by atoms with Gasteiger partial charge in [-0.15, -0.1) is 0 Å². The Morgan fingerprint density at radius 3 is 2.12 bits per heavy atom. The molecule has 26 heavy (non-hydrogen) atoms. The third kappa shape index (κ3) is 6.55. The quantitative estimate of drug-likeness (QED) is 0.676. The summed E-state index contributed by atoms with van der Waals surface area (Å²) in [5, 5.41) is 5.49. The van der Waals surface area contributed by atoms with Crippen molar-refractivity contribution in [1.82, 2.24) is 10.6 Å². The summed E-state index contributed by atoms with van der Waals surface area (Å²) in [6.45, 7) is 5.69. The predicted molar refractivity (Wildman–Crippen MR) is 101 cm³/mol. The lowest BCUT2D eigenvalue weighted by atomic mass is 10.1. The number of carbonyl (C=O) groups excluding carboxylic acids is 1. The normalized spacial score (nSPS) is 10.1. The van der Waals surface area contributed by atoms with Crippen molar-refractivity contribution in [2.75, 3.05) is 33.4 Å². The first kappa shape index (κ1) is 19.4. The van der Waals surface area contributed by atoms with E-state index in [-0.39, 0.29) is 6.03 Å². The van der Waals surface area contributed by atoms with Crippen molar-refractivity contribution < 1.29 is 19.0 Å². The van der Waals surface area contributed by atoms with Crippen LogP contribution >= 0.6 is 0 Å². The minimum absolute atomic E-state index is 0.243. The van der Waals surface area contributed by atoms with Gasteiger partial charge >= 0.3 is 6.03 Å². The molecule has 6 nitrogen and oxygen atoms in total. The molecule has 0 unspecified atom stereocenters. The Hall–Kier alpha value is -2.89. The van der Waals surface area contributed by atoms with Crippen molar-refractivity contribution >= 4 is 6.03 Å². The number of nitrogens with one attached hydrogen (secondary N) is 2. The fourth-order valence-electron chi connectivity index (χ4n) is 2.35. The molecule has 0 bridgehead atoms. The van der Waals surface area contributed by atoms with Crippen LogP contribution in [0.2, 0.25) is 0 Å². The Bertz CT molecular complexity index is 701. The van der Waals surface area contributed by atoms with Crippen LogP contribution in [0.25, 0.3) is 0 Å². The van der Waals surface area contributed by atoms with Crippen LogP contribution in [-0.2, 0) is 0 Å². The van der Waals surface area contributed by atoms with Crippen molar-refractivity contribution in [3.8, 4) is 17.2 Å². The monoisotopic (exact) mass is 358 g/mol. The third-order valence-electron chi connectivity index (χ3n) is 3.69. The number of methoxy groups -OCH3 is 1. The standard InChI is InChI=1S/C20H26N2O4/c1-15-4-9-19(16(2)14-15)26-13-11-22-20(23)21-10-12-25-18-7-5-17(24-3)6-8-18/h4-9,14H,10-13H2,1-3H3,(H2,21,22,23). The lowest BCUT2D eigenvalue weighted by Gasteiger charge is -2.11. The van der Waals surface area contributed by atoms with E-state index in [1.165, 1.54) is 5.56 Å². The second-order valence-corrected chi connectivity index (χ2v) is 5.82. The van der Waals surface area contributed by atoms with E-state index in [4.69, 9.17) is 14.2 Å². The second kappa shape index (κ2) is 10.2. The van der Waals surface area contributed by atoms with E-state index in [2.05, 4.69) is 16.7 Å². The van der Waals surface area contributed by atoms with E-state index >= 15 is 0 Å². The van der Waals surface area contributed by atoms with Crippen molar-refractivity contribution in [1.29, 1.82) is 0 Å². The van der Waals surface area contributed by atoms with Gasteiger partial charge in [-0.05, 0) is 49.7 Å². The van der Waals surface area contributed by atoms with Gasteiger partial charge in [0.2, 0.25) is 0 Å². The Morgan fingerprint density at radius 1 is 0.885 bits per heavy atom. The highest BCUT2D eigenvalue weighted by Crippen LogP contribution is 2.18. The Balaban J connectivity index is 1.55. The highest BCUT2D eigenvalue weighted by Gasteiger charge is 2.02. The van der Waals surface area contributed by atoms with Crippen molar-refractivity contribution in [3.63, 3.8) is 0 Å². The van der Waals surface area contributed by atoms with Gasteiger partial charge in [0.25, 0.3) is 0 Å². The molecule has 0 aromatic heterocycles. The van der Waals surface area contributed by atoms with E-state index in [0.29, 0.717) is 26.3 Å². The van der Waals surface area contributed by atoms with E-state index in [0.717, 1.165) is 22.8 Å². The Morgan fingerprint density at radius 2 is 1.50 bits per heavy atom. The van der Waals surface area contributed by atoms with Crippen LogP contribution in [0, 0.1) is 13.8 Å². The maximum Gasteiger partial charge on any atom is 0.315 e. The summed E-state index contributed by atoms with van der Waals surface area (Å²) in [5.74, 6) is 2.35. The van der Waals surface area contributed by atoms with Crippen molar-refractivity contribution in [2.45, 2.75) is 13.8 Å².